The van der Waals surface area contributed by atoms with Gasteiger partial charge in [0.2, 0.25) is 5.91 Å². The number of carbonyl (C=O) groups is 1. The van der Waals surface area contributed by atoms with E-state index in [0.29, 0.717) is 12.3 Å². The van der Waals surface area contributed by atoms with E-state index >= 15 is 0 Å². The first-order valence-corrected chi connectivity index (χ1v) is 9.36. The number of benzene rings is 1. The monoisotopic (exact) mass is 363 g/mol. The maximum atomic E-state index is 11.8. The van der Waals surface area contributed by atoms with Crippen molar-refractivity contribution in [3.05, 3.63) is 66.6 Å². The Labute approximate surface area is 159 Å². The van der Waals surface area contributed by atoms with Crippen molar-refractivity contribution in [1.82, 2.24) is 14.9 Å². The Kier molecular flexibility index (Phi) is 6.63. The predicted octanol–water partition coefficient (Wildman–Crippen LogP) is 4.13. The molecule has 3 rings (SSSR count). The molecule has 0 aliphatic heterocycles. The predicted molar refractivity (Wildman–Crippen MR) is 108 cm³/mol. The van der Waals surface area contributed by atoms with E-state index in [1.807, 2.05) is 24.3 Å². The third kappa shape index (κ3) is 5.71. The van der Waals surface area contributed by atoms with Crippen molar-refractivity contribution < 1.29 is 9.90 Å². The average molecular weight is 363 g/mol. The maximum Gasteiger partial charge on any atom is 0.243 e. The lowest BCUT2D eigenvalue weighted by Gasteiger charge is -2.06. The summed E-state index contributed by atoms with van der Waals surface area (Å²) in [5.74, 6) is 0.235. The summed E-state index contributed by atoms with van der Waals surface area (Å²) in [5.41, 5.74) is 2.07. The molecule has 5 nitrogen and oxygen atoms in total. The van der Waals surface area contributed by atoms with Crippen LogP contribution in [0.2, 0.25) is 0 Å². The van der Waals surface area contributed by atoms with E-state index in [1.54, 1.807) is 36.7 Å². The first-order valence-electron chi connectivity index (χ1n) is 9.36. The van der Waals surface area contributed by atoms with Crippen LogP contribution in [-0.4, -0.2) is 27.1 Å². The average Bonchev–Trinajstić information content (AvgIpc) is 3.08. The molecule has 1 aromatic carbocycles. The van der Waals surface area contributed by atoms with E-state index in [0.717, 1.165) is 48.7 Å². The molecule has 0 fully saturated rings. The van der Waals surface area contributed by atoms with Gasteiger partial charge >= 0.3 is 0 Å². The van der Waals surface area contributed by atoms with E-state index < -0.39 is 0 Å². The Morgan fingerprint density at radius 1 is 1.15 bits per heavy atom. The minimum Gasteiger partial charge on any atom is -0.508 e. The number of nitrogens with one attached hydrogen (secondary N) is 1. The summed E-state index contributed by atoms with van der Waals surface area (Å²) in [4.78, 5) is 15.8. The Bertz CT molecular complexity index is 900. The van der Waals surface area contributed by atoms with Crippen LogP contribution in [-0.2, 0) is 11.3 Å². The quantitative estimate of drug-likeness (QED) is 0.444. The lowest BCUT2D eigenvalue weighted by atomic mass is 10.2. The zero-order valence-corrected chi connectivity index (χ0v) is 15.3. The zero-order chi connectivity index (χ0) is 18.9. The first kappa shape index (κ1) is 18.7. The molecule has 3 aromatic rings. The number of aryl methyl sites for hydroxylation is 1. The Balaban J connectivity index is 1.29. The summed E-state index contributed by atoms with van der Waals surface area (Å²) in [5, 5.41) is 13.5. The second kappa shape index (κ2) is 9.57. The number of aromatic hydroxyl groups is 1. The van der Waals surface area contributed by atoms with Gasteiger partial charge in [-0.25, -0.2) is 0 Å². The van der Waals surface area contributed by atoms with Crippen molar-refractivity contribution in [3.8, 4) is 5.75 Å². The van der Waals surface area contributed by atoms with Crippen molar-refractivity contribution in [3.63, 3.8) is 0 Å². The van der Waals surface area contributed by atoms with Gasteiger partial charge in [0.25, 0.3) is 0 Å². The van der Waals surface area contributed by atoms with Gasteiger partial charge in [-0.15, -0.1) is 0 Å². The number of hydrogen-bond donors (Lipinski definition) is 2. The maximum absolute atomic E-state index is 11.8. The number of phenolic OH excluding ortho intramolecular Hbond substituents is 1. The molecule has 0 saturated carbocycles. The van der Waals surface area contributed by atoms with Gasteiger partial charge in [0.15, 0.2) is 0 Å². The molecule has 0 atom stereocenters. The number of carbonyl (C=O) groups excluding carboxylic acids is 1. The molecule has 140 valence electrons. The third-order valence-corrected chi connectivity index (χ3v) is 4.49. The lowest BCUT2D eigenvalue weighted by Crippen LogP contribution is -2.21. The van der Waals surface area contributed by atoms with E-state index in [1.165, 1.54) is 0 Å². The highest BCUT2D eigenvalue weighted by atomic mass is 16.3. The number of fused-ring (bicyclic) bond motifs is 1. The number of unbranched alkanes of at least 4 members (excludes halogenated alkanes) is 3. The first-order chi connectivity index (χ1) is 13.2. The van der Waals surface area contributed by atoms with Crippen LogP contribution in [0.1, 0.15) is 31.2 Å². The summed E-state index contributed by atoms with van der Waals surface area (Å²) >= 11 is 0. The van der Waals surface area contributed by atoms with Gasteiger partial charge < -0.3 is 15.0 Å². The Morgan fingerprint density at radius 3 is 2.89 bits per heavy atom. The van der Waals surface area contributed by atoms with Crippen LogP contribution in [0.3, 0.4) is 0 Å². The van der Waals surface area contributed by atoms with Gasteiger partial charge in [-0.1, -0.05) is 18.9 Å². The molecule has 2 heterocycles. The second-order valence-electron chi connectivity index (χ2n) is 6.58. The largest absolute Gasteiger partial charge is 0.508 e. The molecule has 0 bridgehead atoms. The summed E-state index contributed by atoms with van der Waals surface area (Å²) in [6.07, 6.45) is 13.1. The Hall–Kier alpha value is -3.08. The van der Waals surface area contributed by atoms with Crippen molar-refractivity contribution in [2.45, 2.75) is 32.2 Å². The smallest absolute Gasteiger partial charge is 0.243 e. The van der Waals surface area contributed by atoms with E-state index in [-0.39, 0.29) is 5.91 Å². The van der Waals surface area contributed by atoms with E-state index in [2.05, 4.69) is 21.1 Å². The fourth-order valence-electron chi connectivity index (χ4n) is 3.06. The van der Waals surface area contributed by atoms with Crippen LogP contribution in [0.25, 0.3) is 17.0 Å². The summed E-state index contributed by atoms with van der Waals surface area (Å²) < 4.78 is 2.22. The fraction of sp³-hybridized carbons (Fsp3) is 0.273. The molecular weight excluding hydrogens is 338 g/mol. The van der Waals surface area contributed by atoms with E-state index in [4.69, 9.17) is 0 Å². The molecule has 27 heavy (non-hydrogen) atoms. The molecule has 0 spiro atoms. The molecule has 1 amide bonds. The summed E-state index contributed by atoms with van der Waals surface area (Å²) in [6, 6.07) is 11.3. The molecule has 0 aliphatic carbocycles. The number of aromatic nitrogens is 2. The Morgan fingerprint density at radius 2 is 2.04 bits per heavy atom. The third-order valence-electron chi connectivity index (χ3n) is 4.49. The summed E-state index contributed by atoms with van der Waals surface area (Å²) in [6.45, 7) is 1.66. The molecular formula is C22H25N3O2. The number of rotatable bonds is 9. The zero-order valence-electron chi connectivity index (χ0n) is 15.3. The highest BCUT2D eigenvalue weighted by molar-refractivity contribution is 5.91. The van der Waals surface area contributed by atoms with Gasteiger partial charge in [-0.2, -0.15) is 0 Å². The van der Waals surface area contributed by atoms with Gasteiger partial charge in [0.1, 0.15) is 5.75 Å². The molecule has 0 unspecified atom stereocenters. The van der Waals surface area contributed by atoms with Crippen LogP contribution < -0.4 is 5.32 Å². The number of phenols is 1. The molecule has 5 heteroatoms. The topological polar surface area (TPSA) is 67.2 Å². The number of amides is 1. The van der Waals surface area contributed by atoms with Crippen LogP contribution >= 0.6 is 0 Å². The molecule has 0 aliphatic rings. The van der Waals surface area contributed by atoms with Crippen molar-refractivity contribution in [1.29, 1.82) is 0 Å². The number of pyridine rings is 1. The number of hydrogen-bond acceptors (Lipinski definition) is 3. The normalized spacial score (nSPS) is 11.3. The van der Waals surface area contributed by atoms with E-state index in [9.17, 15) is 9.90 Å². The highest BCUT2D eigenvalue weighted by Crippen LogP contribution is 2.21. The van der Waals surface area contributed by atoms with Gasteiger partial charge in [-0.3, -0.25) is 9.78 Å². The van der Waals surface area contributed by atoms with Crippen molar-refractivity contribution in [2.24, 2.45) is 0 Å². The van der Waals surface area contributed by atoms with Crippen LogP contribution in [0.15, 0.2) is 61.1 Å². The minimum atomic E-state index is -0.0686. The molecule has 2 N–H and O–H groups in total. The summed E-state index contributed by atoms with van der Waals surface area (Å²) in [7, 11) is 0. The molecule has 2 aromatic heterocycles. The van der Waals surface area contributed by atoms with Gasteiger partial charge in [-0.05, 0) is 54.8 Å². The van der Waals surface area contributed by atoms with Crippen molar-refractivity contribution >= 4 is 22.9 Å². The lowest BCUT2D eigenvalue weighted by molar-refractivity contribution is -0.116. The van der Waals surface area contributed by atoms with Crippen molar-refractivity contribution in [2.75, 3.05) is 6.54 Å². The van der Waals surface area contributed by atoms with Crippen LogP contribution in [0.5, 0.6) is 5.75 Å². The van der Waals surface area contributed by atoms with Crippen LogP contribution in [0.4, 0.5) is 0 Å². The molecule has 0 radical (unpaired) electrons. The number of nitrogens with zero attached hydrogens (tertiary/aromatic N) is 2. The minimum absolute atomic E-state index is 0.0686. The fourth-order valence-corrected chi connectivity index (χ4v) is 3.06. The molecule has 0 saturated heterocycles. The van der Waals surface area contributed by atoms with Crippen LogP contribution in [0, 0.1) is 0 Å². The van der Waals surface area contributed by atoms with Gasteiger partial charge in [0.05, 0.1) is 0 Å². The SMILES string of the molecule is O=C(/C=C/c1cccnc1)NCCCCCCn1ccc2cc(O)ccc21. The van der Waals surface area contributed by atoms with Gasteiger partial charge in [0, 0.05) is 48.7 Å². The second-order valence-corrected chi connectivity index (χ2v) is 6.58. The standard InChI is InChI=1S/C22H25N3O2/c26-20-8-9-21-19(16-20)11-15-25(21)14-4-2-1-3-13-24-22(27)10-7-18-6-5-12-23-17-18/h5-12,15-17,26H,1-4,13-14H2,(H,24,27)/b10-7+. The highest BCUT2D eigenvalue weighted by Gasteiger charge is 2.02.